The Labute approximate surface area is 177 Å². The Hall–Kier alpha value is -2.05. The van der Waals surface area contributed by atoms with Gasteiger partial charge in [-0.15, -0.1) is 0 Å². The van der Waals surface area contributed by atoms with Crippen molar-refractivity contribution in [2.75, 3.05) is 6.54 Å². The van der Waals surface area contributed by atoms with Crippen molar-refractivity contribution in [1.29, 1.82) is 0 Å². The zero-order valence-corrected chi connectivity index (χ0v) is 17.8. The minimum absolute atomic E-state index is 0.0325. The first kappa shape index (κ1) is 19.3. The molecule has 2 aromatic carbocycles. The fourth-order valence-corrected chi connectivity index (χ4v) is 4.15. The maximum absolute atomic E-state index is 9.42. The van der Waals surface area contributed by atoms with E-state index in [9.17, 15) is 5.11 Å². The molecule has 0 aliphatic carbocycles. The molecule has 142 valence electrons. The van der Waals surface area contributed by atoms with Gasteiger partial charge in [0.25, 0.3) is 0 Å². The van der Waals surface area contributed by atoms with Crippen molar-refractivity contribution >= 4 is 38.2 Å². The van der Waals surface area contributed by atoms with E-state index in [0.717, 1.165) is 51.7 Å². The third-order valence-corrected chi connectivity index (χ3v) is 5.97. The Balaban J connectivity index is 1.54. The lowest BCUT2D eigenvalue weighted by Gasteiger charge is -2.12. The first-order chi connectivity index (χ1) is 13.7. The van der Waals surface area contributed by atoms with Gasteiger partial charge in [0, 0.05) is 27.3 Å². The fourth-order valence-electron chi connectivity index (χ4n) is 3.25. The predicted molar refractivity (Wildman–Crippen MR) is 121 cm³/mol. The van der Waals surface area contributed by atoms with Gasteiger partial charge in [-0.05, 0) is 65.4 Å². The highest BCUT2D eigenvalue weighted by Crippen LogP contribution is 2.28. The number of aliphatic hydroxyl groups excluding tert-OH is 1. The molecule has 0 amide bonds. The molecule has 2 aromatic heterocycles. The van der Waals surface area contributed by atoms with Crippen molar-refractivity contribution in [3.05, 3.63) is 86.5 Å². The molecule has 4 rings (SSSR count). The topological polar surface area (TPSA) is 45.1 Å². The molecule has 4 aromatic rings. The molecule has 0 unspecified atom stereocenters. The van der Waals surface area contributed by atoms with Crippen molar-refractivity contribution in [3.63, 3.8) is 0 Å². The molecule has 0 bridgehead atoms. The van der Waals surface area contributed by atoms with Crippen LogP contribution in [-0.4, -0.2) is 16.6 Å². The van der Waals surface area contributed by atoms with Crippen LogP contribution in [-0.2, 0) is 19.6 Å². The molecule has 0 atom stereocenters. The van der Waals surface area contributed by atoms with E-state index in [-0.39, 0.29) is 6.61 Å². The van der Waals surface area contributed by atoms with Crippen LogP contribution in [0.5, 0.6) is 0 Å². The Morgan fingerprint density at radius 2 is 1.82 bits per heavy atom. The number of pyridine rings is 1. The summed E-state index contributed by atoms with van der Waals surface area (Å²) in [6.07, 6.45) is 0.988. The van der Waals surface area contributed by atoms with Gasteiger partial charge in [0.1, 0.15) is 0 Å². The van der Waals surface area contributed by atoms with Crippen LogP contribution in [0.3, 0.4) is 0 Å². The van der Waals surface area contributed by atoms with Crippen LogP contribution >= 0.6 is 27.3 Å². The molecular weight excluding hydrogens is 432 g/mol. The van der Waals surface area contributed by atoms with E-state index in [2.05, 4.69) is 68.4 Å². The van der Waals surface area contributed by atoms with Gasteiger partial charge in [0.15, 0.2) is 0 Å². The lowest BCUT2D eigenvalue weighted by Crippen LogP contribution is -2.17. The van der Waals surface area contributed by atoms with Crippen LogP contribution in [0.4, 0.5) is 0 Å². The molecule has 0 saturated heterocycles. The fraction of sp³-hybridized carbons (Fsp3) is 0.174. The van der Waals surface area contributed by atoms with Crippen LogP contribution in [0, 0.1) is 0 Å². The quantitative estimate of drug-likeness (QED) is 0.361. The number of hydrogen-bond acceptors (Lipinski definition) is 4. The van der Waals surface area contributed by atoms with Gasteiger partial charge in [-0.3, -0.25) is 0 Å². The molecule has 0 radical (unpaired) electrons. The zero-order valence-electron chi connectivity index (χ0n) is 15.4. The number of thiophene rings is 1. The Morgan fingerprint density at radius 3 is 2.57 bits per heavy atom. The van der Waals surface area contributed by atoms with Crippen molar-refractivity contribution in [3.8, 4) is 11.3 Å². The SMILES string of the molecule is OCc1ccc2cc(CNCCc3ccc(Br)cc3)c(-c3ccsc3)nc2c1. The highest BCUT2D eigenvalue weighted by molar-refractivity contribution is 9.10. The molecule has 0 aliphatic heterocycles. The molecule has 5 heteroatoms. The highest BCUT2D eigenvalue weighted by atomic mass is 79.9. The molecule has 3 nitrogen and oxygen atoms in total. The first-order valence-corrected chi connectivity index (χ1v) is 11.0. The predicted octanol–water partition coefficient (Wildman–Crippen LogP) is 5.55. The van der Waals surface area contributed by atoms with E-state index in [1.807, 2.05) is 18.2 Å². The van der Waals surface area contributed by atoms with E-state index in [4.69, 9.17) is 4.98 Å². The first-order valence-electron chi connectivity index (χ1n) is 9.24. The monoisotopic (exact) mass is 452 g/mol. The van der Waals surface area contributed by atoms with Crippen LogP contribution in [0.25, 0.3) is 22.2 Å². The average Bonchev–Trinajstić information content (AvgIpc) is 3.26. The smallest absolute Gasteiger partial charge is 0.0763 e. The van der Waals surface area contributed by atoms with Gasteiger partial charge in [0.05, 0.1) is 17.8 Å². The number of aromatic nitrogens is 1. The number of rotatable bonds is 7. The summed E-state index contributed by atoms with van der Waals surface area (Å²) in [4.78, 5) is 4.92. The molecule has 0 saturated carbocycles. The molecule has 2 N–H and O–H groups in total. The van der Waals surface area contributed by atoms with E-state index < -0.39 is 0 Å². The minimum Gasteiger partial charge on any atom is -0.392 e. The second kappa shape index (κ2) is 8.97. The van der Waals surface area contributed by atoms with Gasteiger partial charge < -0.3 is 10.4 Å². The number of fused-ring (bicyclic) bond motifs is 1. The normalized spacial score (nSPS) is 11.2. The third-order valence-electron chi connectivity index (χ3n) is 4.76. The van der Waals surface area contributed by atoms with E-state index in [1.54, 1.807) is 11.3 Å². The maximum Gasteiger partial charge on any atom is 0.0763 e. The molecular formula is C23H21BrN2OS. The van der Waals surface area contributed by atoms with Crippen molar-refractivity contribution in [2.24, 2.45) is 0 Å². The van der Waals surface area contributed by atoms with Crippen LogP contribution in [0.15, 0.2) is 69.8 Å². The van der Waals surface area contributed by atoms with E-state index in [0.29, 0.717) is 0 Å². The van der Waals surface area contributed by atoms with E-state index in [1.165, 1.54) is 11.1 Å². The van der Waals surface area contributed by atoms with Crippen LogP contribution in [0.1, 0.15) is 16.7 Å². The van der Waals surface area contributed by atoms with Gasteiger partial charge in [-0.1, -0.05) is 40.2 Å². The molecule has 28 heavy (non-hydrogen) atoms. The summed E-state index contributed by atoms with van der Waals surface area (Å²) in [6.45, 7) is 1.71. The third kappa shape index (κ3) is 4.50. The number of nitrogens with zero attached hydrogens (tertiary/aromatic N) is 1. The minimum atomic E-state index is 0.0325. The Morgan fingerprint density at radius 1 is 1.00 bits per heavy atom. The summed E-state index contributed by atoms with van der Waals surface area (Å²) < 4.78 is 1.11. The number of halogens is 1. The highest BCUT2D eigenvalue weighted by Gasteiger charge is 2.10. The summed E-state index contributed by atoms with van der Waals surface area (Å²) >= 11 is 5.16. The van der Waals surface area contributed by atoms with Crippen molar-refractivity contribution in [2.45, 2.75) is 19.6 Å². The lowest BCUT2D eigenvalue weighted by molar-refractivity contribution is 0.282. The van der Waals surface area contributed by atoms with Crippen LogP contribution < -0.4 is 5.32 Å². The number of nitrogens with one attached hydrogen (secondary N) is 1. The van der Waals surface area contributed by atoms with Crippen LogP contribution in [0.2, 0.25) is 0 Å². The number of benzene rings is 2. The van der Waals surface area contributed by atoms with Crippen molar-refractivity contribution in [1.82, 2.24) is 10.3 Å². The molecule has 0 fully saturated rings. The average molecular weight is 453 g/mol. The van der Waals surface area contributed by atoms with Gasteiger partial charge >= 0.3 is 0 Å². The number of aliphatic hydroxyl groups is 1. The second-order valence-corrected chi connectivity index (χ2v) is 8.44. The van der Waals surface area contributed by atoms with Gasteiger partial charge in [0.2, 0.25) is 0 Å². The summed E-state index contributed by atoms with van der Waals surface area (Å²) in [5.74, 6) is 0. The Kier molecular flexibility index (Phi) is 6.17. The number of hydrogen-bond donors (Lipinski definition) is 2. The summed E-state index contributed by atoms with van der Waals surface area (Å²) in [5.41, 5.74) is 6.48. The maximum atomic E-state index is 9.42. The summed E-state index contributed by atoms with van der Waals surface area (Å²) in [7, 11) is 0. The largest absolute Gasteiger partial charge is 0.392 e. The Bertz CT molecular complexity index is 1060. The van der Waals surface area contributed by atoms with Gasteiger partial charge in [-0.2, -0.15) is 11.3 Å². The van der Waals surface area contributed by atoms with Crippen molar-refractivity contribution < 1.29 is 5.11 Å². The molecule has 0 spiro atoms. The zero-order chi connectivity index (χ0) is 19.3. The second-order valence-electron chi connectivity index (χ2n) is 6.75. The molecule has 2 heterocycles. The summed E-state index contributed by atoms with van der Waals surface area (Å²) in [5, 5.41) is 18.3. The van der Waals surface area contributed by atoms with Gasteiger partial charge in [-0.25, -0.2) is 4.98 Å². The lowest BCUT2D eigenvalue weighted by atomic mass is 10.0. The summed E-state index contributed by atoms with van der Waals surface area (Å²) in [6, 6.07) is 18.8. The van der Waals surface area contributed by atoms with E-state index >= 15 is 0 Å². The molecule has 0 aliphatic rings. The standard InChI is InChI=1S/C23H21BrN2OS/c24-21-5-2-16(3-6-21)7-9-25-13-20-12-18-4-1-17(14-27)11-22(18)26-23(20)19-8-10-28-15-19/h1-6,8,10-12,15,25,27H,7,9,13-14H2.